The molecule has 2 N–H and O–H groups in total. The summed E-state index contributed by atoms with van der Waals surface area (Å²) in [5.41, 5.74) is 0.142. The molecule has 0 aromatic heterocycles. The molecule has 0 fully saturated rings. The van der Waals surface area contributed by atoms with Crippen molar-refractivity contribution in [2.24, 2.45) is 0 Å². The van der Waals surface area contributed by atoms with E-state index in [2.05, 4.69) is 5.32 Å². The van der Waals surface area contributed by atoms with E-state index in [4.69, 9.17) is 5.11 Å². The van der Waals surface area contributed by atoms with Gasteiger partial charge in [0.2, 0.25) is 0 Å². The summed E-state index contributed by atoms with van der Waals surface area (Å²) < 4.78 is 38.1. The van der Waals surface area contributed by atoms with Gasteiger partial charge in [0.15, 0.2) is 0 Å². The van der Waals surface area contributed by atoms with Crippen LogP contribution in [-0.4, -0.2) is 17.8 Å². The van der Waals surface area contributed by atoms with Crippen molar-refractivity contribution in [1.29, 1.82) is 0 Å². The van der Waals surface area contributed by atoms with Crippen LogP contribution < -0.4 is 5.32 Å². The predicted molar refractivity (Wildman–Crippen MR) is 54.3 cm³/mol. The van der Waals surface area contributed by atoms with Gasteiger partial charge in [-0.05, 0) is 24.5 Å². The first-order valence-electron chi connectivity index (χ1n) is 5.09. The monoisotopic (exact) mass is 231 g/mol. The fourth-order valence-electron chi connectivity index (χ4n) is 1.96. The van der Waals surface area contributed by atoms with Crippen molar-refractivity contribution >= 4 is 5.69 Å². The highest BCUT2D eigenvalue weighted by atomic mass is 19.4. The van der Waals surface area contributed by atoms with E-state index in [1.165, 1.54) is 6.07 Å². The topological polar surface area (TPSA) is 32.3 Å². The summed E-state index contributed by atoms with van der Waals surface area (Å²) in [6.45, 7) is -0.147. The molecule has 1 unspecified atom stereocenters. The van der Waals surface area contributed by atoms with Crippen LogP contribution in [0.25, 0.3) is 0 Å². The Morgan fingerprint density at radius 2 is 2.12 bits per heavy atom. The molecule has 1 aromatic rings. The maximum absolute atomic E-state index is 12.7. The Labute approximate surface area is 91.1 Å². The third-order valence-electron chi connectivity index (χ3n) is 2.79. The maximum Gasteiger partial charge on any atom is 0.418 e. The molecule has 1 aliphatic rings. The first-order valence-corrected chi connectivity index (χ1v) is 5.09. The number of rotatable bonds is 1. The molecule has 0 amide bonds. The minimum Gasteiger partial charge on any atom is -0.394 e. The van der Waals surface area contributed by atoms with Gasteiger partial charge in [0.25, 0.3) is 0 Å². The molecule has 0 aliphatic carbocycles. The molecule has 0 saturated carbocycles. The van der Waals surface area contributed by atoms with Crippen molar-refractivity contribution in [3.63, 3.8) is 0 Å². The Hall–Kier alpha value is -1.23. The zero-order valence-corrected chi connectivity index (χ0v) is 8.51. The molecule has 1 aliphatic heterocycles. The van der Waals surface area contributed by atoms with E-state index < -0.39 is 11.7 Å². The fraction of sp³-hybridized carbons (Fsp3) is 0.455. The number of anilines is 1. The standard InChI is InChI=1S/C11H12F3NO/c12-11(13,14)9-3-1-2-7-4-5-8(6-16)15-10(7)9/h1-3,8,15-16H,4-6H2. The first-order chi connectivity index (χ1) is 7.52. The van der Waals surface area contributed by atoms with Crippen LogP contribution in [0, 0.1) is 0 Å². The van der Waals surface area contributed by atoms with Crippen molar-refractivity contribution in [3.8, 4) is 0 Å². The second-order valence-electron chi connectivity index (χ2n) is 3.90. The highest BCUT2D eigenvalue weighted by molar-refractivity contribution is 5.61. The van der Waals surface area contributed by atoms with Crippen molar-refractivity contribution in [2.75, 3.05) is 11.9 Å². The van der Waals surface area contributed by atoms with Gasteiger partial charge in [0.1, 0.15) is 0 Å². The number of hydrogen-bond donors (Lipinski definition) is 2. The van der Waals surface area contributed by atoms with E-state index in [1.807, 2.05) is 0 Å². The van der Waals surface area contributed by atoms with Crippen LogP contribution in [0.15, 0.2) is 18.2 Å². The van der Waals surface area contributed by atoms with Crippen molar-refractivity contribution < 1.29 is 18.3 Å². The van der Waals surface area contributed by atoms with Gasteiger partial charge in [-0.25, -0.2) is 0 Å². The molecular formula is C11H12F3NO. The van der Waals surface area contributed by atoms with Crippen LogP contribution in [0.5, 0.6) is 0 Å². The Morgan fingerprint density at radius 3 is 2.75 bits per heavy atom. The van der Waals surface area contributed by atoms with Gasteiger partial charge < -0.3 is 10.4 Å². The van der Waals surface area contributed by atoms with Crippen molar-refractivity contribution in [2.45, 2.75) is 25.1 Å². The molecule has 2 nitrogen and oxygen atoms in total. The zero-order chi connectivity index (χ0) is 11.8. The van der Waals surface area contributed by atoms with Crippen LogP contribution >= 0.6 is 0 Å². The fourth-order valence-corrected chi connectivity index (χ4v) is 1.96. The van der Waals surface area contributed by atoms with Gasteiger partial charge in [-0.1, -0.05) is 12.1 Å². The van der Waals surface area contributed by atoms with E-state index in [1.54, 1.807) is 6.07 Å². The number of fused-ring (bicyclic) bond motifs is 1. The lowest BCUT2D eigenvalue weighted by atomic mass is 9.95. The summed E-state index contributed by atoms with van der Waals surface area (Å²) in [6.07, 6.45) is -3.13. The number of nitrogens with one attached hydrogen (secondary N) is 1. The maximum atomic E-state index is 12.7. The lowest BCUT2D eigenvalue weighted by Gasteiger charge is -2.28. The number of aliphatic hydroxyl groups excluding tert-OH is 1. The van der Waals surface area contributed by atoms with Crippen LogP contribution in [0.1, 0.15) is 17.5 Å². The minimum atomic E-state index is -4.35. The molecule has 0 saturated heterocycles. The average Bonchev–Trinajstić information content (AvgIpc) is 2.26. The van der Waals surface area contributed by atoms with E-state index in [9.17, 15) is 13.2 Å². The van der Waals surface area contributed by atoms with Crippen LogP contribution in [0.4, 0.5) is 18.9 Å². The smallest absolute Gasteiger partial charge is 0.394 e. The predicted octanol–water partition coefficient (Wildman–Crippen LogP) is 2.42. The molecule has 1 heterocycles. The summed E-state index contributed by atoms with van der Waals surface area (Å²) in [6, 6.07) is 3.88. The van der Waals surface area contributed by atoms with Crippen molar-refractivity contribution in [1.82, 2.24) is 0 Å². The lowest BCUT2D eigenvalue weighted by molar-refractivity contribution is -0.137. The van der Waals surface area contributed by atoms with Gasteiger partial charge >= 0.3 is 6.18 Å². The number of hydrogen-bond acceptors (Lipinski definition) is 2. The van der Waals surface area contributed by atoms with Gasteiger partial charge in [0.05, 0.1) is 12.2 Å². The quantitative estimate of drug-likeness (QED) is 0.778. The van der Waals surface area contributed by atoms with Gasteiger partial charge in [-0.3, -0.25) is 0 Å². The Morgan fingerprint density at radius 1 is 1.38 bits per heavy atom. The summed E-state index contributed by atoms with van der Waals surface area (Å²) in [4.78, 5) is 0. The Kier molecular flexibility index (Phi) is 2.80. The van der Waals surface area contributed by atoms with E-state index >= 15 is 0 Å². The summed E-state index contributed by atoms with van der Waals surface area (Å²) in [5.74, 6) is 0. The van der Waals surface area contributed by atoms with Crippen LogP contribution in [0.3, 0.4) is 0 Å². The molecule has 2 rings (SSSR count). The molecule has 0 bridgehead atoms. The van der Waals surface area contributed by atoms with Crippen molar-refractivity contribution in [3.05, 3.63) is 29.3 Å². The number of aliphatic hydroxyl groups is 1. The largest absolute Gasteiger partial charge is 0.418 e. The molecule has 1 atom stereocenters. The Balaban J connectivity index is 2.42. The van der Waals surface area contributed by atoms with Gasteiger partial charge in [-0.2, -0.15) is 13.2 Å². The molecule has 5 heteroatoms. The second kappa shape index (κ2) is 3.97. The highest BCUT2D eigenvalue weighted by Crippen LogP contribution is 2.39. The van der Waals surface area contributed by atoms with E-state index in [0.717, 1.165) is 6.07 Å². The molecule has 88 valence electrons. The highest BCUT2D eigenvalue weighted by Gasteiger charge is 2.35. The SMILES string of the molecule is OCC1CCc2cccc(C(F)(F)F)c2N1. The molecule has 1 aromatic carbocycles. The summed E-state index contributed by atoms with van der Waals surface area (Å²) >= 11 is 0. The molecule has 16 heavy (non-hydrogen) atoms. The Bertz CT molecular complexity index is 389. The molecule has 0 radical (unpaired) electrons. The number of halogens is 3. The third-order valence-corrected chi connectivity index (χ3v) is 2.79. The summed E-state index contributed by atoms with van der Waals surface area (Å²) in [7, 11) is 0. The number of para-hydroxylation sites is 1. The number of alkyl halides is 3. The lowest BCUT2D eigenvalue weighted by Crippen LogP contribution is -2.30. The van der Waals surface area contributed by atoms with Crippen LogP contribution in [0.2, 0.25) is 0 Å². The number of benzene rings is 1. The normalized spacial score (nSPS) is 20.1. The third kappa shape index (κ3) is 2.00. The van der Waals surface area contributed by atoms with Gasteiger partial charge in [0, 0.05) is 11.7 Å². The summed E-state index contributed by atoms with van der Waals surface area (Å²) in [5, 5.41) is 11.7. The average molecular weight is 231 g/mol. The first kappa shape index (κ1) is 11.3. The van der Waals surface area contributed by atoms with E-state index in [0.29, 0.717) is 18.4 Å². The minimum absolute atomic E-state index is 0.125. The zero-order valence-electron chi connectivity index (χ0n) is 8.51. The molecule has 0 spiro atoms. The van der Waals surface area contributed by atoms with Crippen LogP contribution in [-0.2, 0) is 12.6 Å². The van der Waals surface area contributed by atoms with Gasteiger partial charge in [-0.15, -0.1) is 0 Å². The van der Waals surface area contributed by atoms with E-state index in [-0.39, 0.29) is 18.3 Å². The number of aryl methyl sites for hydroxylation is 1. The molecular weight excluding hydrogens is 219 g/mol. The second-order valence-corrected chi connectivity index (χ2v) is 3.90.